The molecule has 4 nitrogen and oxygen atoms in total. The minimum absolute atomic E-state index is 0.667. The zero-order valence-electron chi connectivity index (χ0n) is 15.5. The number of nitrogens with one attached hydrogen (secondary N) is 1. The summed E-state index contributed by atoms with van der Waals surface area (Å²) in [7, 11) is 0. The summed E-state index contributed by atoms with van der Waals surface area (Å²) in [6, 6.07) is 16.8. The Morgan fingerprint density at radius 1 is 1.15 bits per heavy atom. The van der Waals surface area contributed by atoms with Gasteiger partial charge in [0, 0.05) is 35.4 Å². The van der Waals surface area contributed by atoms with Crippen LogP contribution in [0, 0.1) is 11.3 Å². The van der Waals surface area contributed by atoms with Crippen LogP contribution in [0.3, 0.4) is 0 Å². The van der Waals surface area contributed by atoms with Gasteiger partial charge in [-0.2, -0.15) is 5.26 Å². The lowest BCUT2D eigenvalue weighted by Gasteiger charge is -2.13. The van der Waals surface area contributed by atoms with Crippen molar-refractivity contribution in [1.29, 1.82) is 5.26 Å². The maximum absolute atomic E-state index is 9.25. The second kappa shape index (κ2) is 7.59. The van der Waals surface area contributed by atoms with Crippen LogP contribution in [0.1, 0.15) is 30.9 Å². The second-order valence-corrected chi connectivity index (χ2v) is 6.80. The summed E-state index contributed by atoms with van der Waals surface area (Å²) >= 11 is 0. The number of H-pyrrole nitrogens is 1. The number of fused-ring (bicyclic) bond motifs is 2. The highest BCUT2D eigenvalue weighted by atomic mass is 16.5. The first-order valence-corrected chi connectivity index (χ1v) is 9.51. The Bertz CT molecular complexity index is 1110. The largest absolute Gasteiger partial charge is 0.493 e. The molecule has 2 heterocycles. The van der Waals surface area contributed by atoms with Crippen molar-refractivity contribution < 1.29 is 4.74 Å². The van der Waals surface area contributed by atoms with Crippen molar-refractivity contribution in [3.05, 3.63) is 66.0 Å². The number of ether oxygens (including phenoxy) is 1. The van der Waals surface area contributed by atoms with E-state index in [1.165, 1.54) is 16.5 Å². The van der Waals surface area contributed by atoms with Crippen molar-refractivity contribution in [2.45, 2.75) is 32.7 Å². The number of aryl methyl sites for hydroxylation is 2. The monoisotopic (exact) mass is 357 g/mol. The first-order chi connectivity index (χ1) is 13.3. The molecule has 0 aliphatic rings. The molecule has 2 aromatic carbocycles. The number of benzene rings is 2. The van der Waals surface area contributed by atoms with Crippen molar-refractivity contribution in [2.24, 2.45) is 0 Å². The van der Waals surface area contributed by atoms with Crippen molar-refractivity contribution >= 4 is 21.8 Å². The van der Waals surface area contributed by atoms with Gasteiger partial charge in [-0.3, -0.25) is 0 Å². The van der Waals surface area contributed by atoms with Gasteiger partial charge in [-0.1, -0.05) is 31.5 Å². The number of para-hydroxylation sites is 1. The fraction of sp³-hybridized carbons (Fsp3) is 0.261. The molecule has 0 fully saturated rings. The molecular formula is C23H23N3O. The summed E-state index contributed by atoms with van der Waals surface area (Å²) < 4.78 is 8.41. The number of hydrogen-bond acceptors (Lipinski definition) is 2. The Morgan fingerprint density at radius 2 is 2.04 bits per heavy atom. The van der Waals surface area contributed by atoms with Gasteiger partial charge in [-0.25, -0.2) is 0 Å². The first-order valence-electron chi connectivity index (χ1n) is 9.51. The minimum Gasteiger partial charge on any atom is -0.493 e. The van der Waals surface area contributed by atoms with Gasteiger partial charge in [0.05, 0.1) is 17.7 Å². The van der Waals surface area contributed by atoms with Crippen molar-refractivity contribution in [3.63, 3.8) is 0 Å². The molecule has 0 aliphatic heterocycles. The Morgan fingerprint density at radius 3 is 2.89 bits per heavy atom. The fourth-order valence-corrected chi connectivity index (χ4v) is 3.72. The van der Waals surface area contributed by atoms with Crippen LogP contribution in [0.2, 0.25) is 0 Å². The van der Waals surface area contributed by atoms with Gasteiger partial charge in [0.1, 0.15) is 11.8 Å². The van der Waals surface area contributed by atoms with Crippen molar-refractivity contribution in [1.82, 2.24) is 9.55 Å². The molecule has 0 unspecified atom stereocenters. The number of nitriles is 1. The van der Waals surface area contributed by atoms with Crippen molar-refractivity contribution in [3.8, 4) is 11.8 Å². The zero-order chi connectivity index (χ0) is 18.6. The maximum Gasteiger partial charge on any atom is 0.124 e. The summed E-state index contributed by atoms with van der Waals surface area (Å²) in [6.45, 7) is 3.76. The average molecular weight is 357 g/mol. The molecule has 136 valence electrons. The molecule has 1 N–H and O–H groups in total. The minimum atomic E-state index is 0.667. The summed E-state index contributed by atoms with van der Waals surface area (Å²) in [6.07, 6.45) is 6.83. The molecule has 27 heavy (non-hydrogen) atoms. The second-order valence-electron chi connectivity index (χ2n) is 6.80. The van der Waals surface area contributed by atoms with Crippen LogP contribution in [0.5, 0.6) is 5.75 Å². The smallest absolute Gasteiger partial charge is 0.124 e. The number of aromatic amines is 1. The van der Waals surface area contributed by atoms with Crippen LogP contribution in [0.15, 0.2) is 54.9 Å². The quantitative estimate of drug-likeness (QED) is 0.449. The maximum atomic E-state index is 9.25. The van der Waals surface area contributed by atoms with Gasteiger partial charge in [-0.15, -0.1) is 0 Å². The van der Waals surface area contributed by atoms with Crippen LogP contribution in [-0.2, 0) is 13.0 Å². The van der Waals surface area contributed by atoms with E-state index in [9.17, 15) is 5.26 Å². The van der Waals surface area contributed by atoms with E-state index in [0.717, 1.165) is 42.5 Å². The van der Waals surface area contributed by atoms with Crippen LogP contribution in [0.4, 0.5) is 0 Å². The Hall–Kier alpha value is -3.19. The number of rotatable bonds is 7. The molecule has 0 bridgehead atoms. The summed E-state index contributed by atoms with van der Waals surface area (Å²) in [5.74, 6) is 0.924. The zero-order valence-corrected chi connectivity index (χ0v) is 15.5. The topological polar surface area (TPSA) is 53.7 Å². The number of hydrogen-bond donors (Lipinski definition) is 1. The van der Waals surface area contributed by atoms with Crippen molar-refractivity contribution in [2.75, 3.05) is 6.61 Å². The predicted octanol–water partition coefficient (Wildman–Crippen LogP) is 5.42. The van der Waals surface area contributed by atoms with E-state index in [1.54, 1.807) is 6.20 Å². The predicted molar refractivity (Wildman–Crippen MR) is 109 cm³/mol. The standard InChI is InChI=1S/C23H23N3O/c1-2-6-20-22(10-9-19-18(15-24)16-25-23(19)20)27-14-5-12-26-13-11-17-7-3-4-8-21(17)26/h3-4,7-11,13,16,25H,2,5-6,12,14H2,1H3. The summed E-state index contributed by atoms with van der Waals surface area (Å²) in [5.41, 5.74) is 4.15. The lowest BCUT2D eigenvalue weighted by Crippen LogP contribution is -2.05. The Balaban J connectivity index is 1.47. The number of nitrogens with zero attached hydrogens (tertiary/aromatic N) is 2. The molecule has 0 atom stereocenters. The molecule has 0 radical (unpaired) electrons. The van der Waals surface area contributed by atoms with E-state index >= 15 is 0 Å². The third-order valence-electron chi connectivity index (χ3n) is 5.02. The van der Waals surface area contributed by atoms with Crippen LogP contribution >= 0.6 is 0 Å². The summed E-state index contributed by atoms with van der Waals surface area (Å²) in [5, 5.41) is 11.5. The van der Waals surface area contributed by atoms with E-state index in [0.29, 0.717) is 12.2 Å². The average Bonchev–Trinajstić information content (AvgIpc) is 3.30. The third kappa shape index (κ3) is 3.29. The van der Waals surface area contributed by atoms with Gasteiger partial charge in [-0.05, 0) is 42.5 Å². The molecule has 0 saturated heterocycles. The lowest BCUT2D eigenvalue weighted by molar-refractivity contribution is 0.300. The Kier molecular flexibility index (Phi) is 4.84. The molecule has 0 saturated carbocycles. The molecule has 4 aromatic rings. The molecule has 2 aromatic heterocycles. The highest BCUT2D eigenvalue weighted by molar-refractivity contribution is 5.90. The van der Waals surface area contributed by atoms with Gasteiger partial charge in [0.15, 0.2) is 0 Å². The summed E-state index contributed by atoms with van der Waals surface area (Å²) in [4.78, 5) is 3.26. The SMILES string of the molecule is CCCc1c(OCCCn2ccc3ccccc32)ccc2c(C#N)c[nH]c12. The van der Waals surface area contributed by atoms with Crippen LogP contribution < -0.4 is 4.74 Å². The van der Waals surface area contributed by atoms with E-state index in [2.05, 4.69) is 59.1 Å². The fourth-order valence-electron chi connectivity index (χ4n) is 3.72. The van der Waals surface area contributed by atoms with E-state index in [4.69, 9.17) is 4.74 Å². The first kappa shape index (κ1) is 17.2. The van der Waals surface area contributed by atoms with E-state index in [1.807, 2.05) is 12.1 Å². The lowest BCUT2D eigenvalue weighted by atomic mass is 10.0. The van der Waals surface area contributed by atoms with Crippen LogP contribution in [0.25, 0.3) is 21.8 Å². The molecule has 0 aliphatic carbocycles. The normalized spacial score (nSPS) is 11.1. The van der Waals surface area contributed by atoms with Crippen LogP contribution in [-0.4, -0.2) is 16.2 Å². The van der Waals surface area contributed by atoms with Gasteiger partial charge >= 0.3 is 0 Å². The molecule has 4 heteroatoms. The van der Waals surface area contributed by atoms with Gasteiger partial charge in [0.2, 0.25) is 0 Å². The highest BCUT2D eigenvalue weighted by Gasteiger charge is 2.12. The number of aromatic nitrogens is 2. The molecule has 0 amide bonds. The van der Waals surface area contributed by atoms with Gasteiger partial charge in [0.25, 0.3) is 0 Å². The molecular weight excluding hydrogens is 334 g/mol. The third-order valence-corrected chi connectivity index (χ3v) is 5.02. The Labute approximate surface area is 159 Å². The molecule has 0 spiro atoms. The van der Waals surface area contributed by atoms with Gasteiger partial charge < -0.3 is 14.3 Å². The molecule has 4 rings (SSSR count). The van der Waals surface area contributed by atoms with E-state index < -0.39 is 0 Å². The van der Waals surface area contributed by atoms with E-state index in [-0.39, 0.29) is 0 Å². The highest BCUT2D eigenvalue weighted by Crippen LogP contribution is 2.30.